The van der Waals surface area contributed by atoms with Gasteiger partial charge in [0.1, 0.15) is 5.75 Å². The fraction of sp³-hybridized carbons (Fsp3) is 0.438. The van der Waals surface area contributed by atoms with E-state index < -0.39 is 0 Å². The van der Waals surface area contributed by atoms with Crippen LogP contribution in [-0.2, 0) is 11.8 Å². The van der Waals surface area contributed by atoms with Gasteiger partial charge in [0.25, 0.3) is 0 Å². The number of ether oxygens (including phenoxy) is 1. The summed E-state index contributed by atoms with van der Waals surface area (Å²) in [7, 11) is 0. The van der Waals surface area contributed by atoms with Crippen LogP contribution in [0.4, 0.5) is 0 Å². The van der Waals surface area contributed by atoms with Crippen LogP contribution < -0.4 is 4.74 Å². The highest BCUT2D eigenvalue weighted by Crippen LogP contribution is 2.25. The molecule has 0 aliphatic carbocycles. The first kappa shape index (κ1) is 13.7. The highest BCUT2D eigenvalue weighted by molar-refractivity contribution is 5.32. The first-order valence-corrected chi connectivity index (χ1v) is 6.69. The molecule has 0 unspecified atom stereocenters. The molecule has 0 saturated heterocycles. The molecule has 1 heterocycles. The molecule has 19 heavy (non-hydrogen) atoms. The van der Waals surface area contributed by atoms with Gasteiger partial charge in [0.15, 0.2) is 0 Å². The van der Waals surface area contributed by atoms with E-state index in [1.54, 1.807) is 0 Å². The van der Waals surface area contributed by atoms with Crippen molar-refractivity contribution in [1.82, 2.24) is 10.2 Å². The number of nitrogens with one attached hydrogen (secondary N) is 1. The number of hydrogen-bond acceptors (Lipinski definition) is 2. The van der Waals surface area contributed by atoms with Gasteiger partial charge in [-0.25, -0.2) is 0 Å². The maximum atomic E-state index is 5.80. The van der Waals surface area contributed by atoms with E-state index in [1.165, 1.54) is 5.56 Å². The normalized spacial score (nSPS) is 11.6. The van der Waals surface area contributed by atoms with Crippen molar-refractivity contribution < 1.29 is 4.74 Å². The molecular weight excluding hydrogens is 236 g/mol. The average Bonchev–Trinajstić information content (AvgIpc) is 2.74. The van der Waals surface area contributed by atoms with Crippen LogP contribution in [0.3, 0.4) is 0 Å². The van der Waals surface area contributed by atoms with Crippen molar-refractivity contribution in [3.05, 3.63) is 47.3 Å². The van der Waals surface area contributed by atoms with Crippen molar-refractivity contribution in [2.45, 2.75) is 39.5 Å². The molecule has 102 valence electrons. The maximum absolute atomic E-state index is 5.80. The van der Waals surface area contributed by atoms with Gasteiger partial charge in [-0.1, -0.05) is 32.9 Å². The molecule has 0 aliphatic heterocycles. The third kappa shape index (κ3) is 3.85. The van der Waals surface area contributed by atoms with Gasteiger partial charge in [0.05, 0.1) is 12.3 Å². The molecule has 1 N–H and O–H groups in total. The standard InChI is InChI=1S/C16H22N2O/c1-12-10-14(18-17-12)8-9-19-15-7-5-6-13(11-15)16(2,3)4/h5-7,10-11H,8-9H2,1-4H3,(H,17,18). The number of aromatic nitrogens is 2. The molecule has 3 heteroatoms. The molecule has 0 spiro atoms. The van der Waals surface area contributed by atoms with E-state index in [1.807, 2.05) is 13.0 Å². The second kappa shape index (κ2) is 5.47. The topological polar surface area (TPSA) is 37.9 Å². The second-order valence-corrected chi connectivity index (χ2v) is 5.92. The van der Waals surface area contributed by atoms with Crippen molar-refractivity contribution >= 4 is 0 Å². The quantitative estimate of drug-likeness (QED) is 0.909. The average molecular weight is 258 g/mol. The molecule has 1 aromatic heterocycles. The number of aromatic amines is 1. The van der Waals surface area contributed by atoms with Gasteiger partial charge in [0, 0.05) is 12.1 Å². The lowest BCUT2D eigenvalue weighted by atomic mass is 9.87. The van der Waals surface area contributed by atoms with Crippen LogP contribution in [0.1, 0.15) is 37.7 Å². The molecular formula is C16H22N2O. The Morgan fingerprint density at radius 3 is 2.63 bits per heavy atom. The lowest BCUT2D eigenvalue weighted by Gasteiger charge is -2.19. The Morgan fingerprint density at radius 2 is 2.00 bits per heavy atom. The molecule has 3 nitrogen and oxygen atoms in total. The summed E-state index contributed by atoms with van der Waals surface area (Å²) < 4.78 is 5.80. The molecule has 0 fully saturated rings. The predicted molar refractivity (Wildman–Crippen MR) is 77.7 cm³/mol. The van der Waals surface area contributed by atoms with Crippen molar-refractivity contribution in [3.63, 3.8) is 0 Å². The molecule has 0 radical (unpaired) electrons. The van der Waals surface area contributed by atoms with E-state index in [4.69, 9.17) is 4.74 Å². The molecule has 0 saturated carbocycles. The Kier molecular flexibility index (Phi) is 3.93. The summed E-state index contributed by atoms with van der Waals surface area (Å²) in [4.78, 5) is 0. The van der Waals surface area contributed by atoms with Crippen molar-refractivity contribution in [2.75, 3.05) is 6.61 Å². The van der Waals surface area contributed by atoms with Crippen LogP contribution >= 0.6 is 0 Å². The van der Waals surface area contributed by atoms with Crippen molar-refractivity contribution in [1.29, 1.82) is 0 Å². The van der Waals surface area contributed by atoms with E-state index in [2.05, 4.69) is 55.2 Å². The number of rotatable bonds is 4. The minimum Gasteiger partial charge on any atom is -0.493 e. The summed E-state index contributed by atoms with van der Waals surface area (Å²) in [5.74, 6) is 0.930. The Balaban J connectivity index is 1.93. The van der Waals surface area contributed by atoms with E-state index in [-0.39, 0.29) is 5.41 Å². The summed E-state index contributed by atoms with van der Waals surface area (Å²) in [5.41, 5.74) is 3.58. The van der Waals surface area contributed by atoms with Crippen LogP contribution in [0.25, 0.3) is 0 Å². The van der Waals surface area contributed by atoms with E-state index in [0.717, 1.165) is 23.6 Å². The Hall–Kier alpha value is -1.77. The largest absolute Gasteiger partial charge is 0.493 e. The highest BCUT2D eigenvalue weighted by Gasteiger charge is 2.13. The molecule has 0 bridgehead atoms. The van der Waals surface area contributed by atoms with Gasteiger partial charge < -0.3 is 4.74 Å². The van der Waals surface area contributed by atoms with Gasteiger partial charge in [-0.15, -0.1) is 0 Å². The molecule has 2 aromatic rings. The fourth-order valence-corrected chi connectivity index (χ4v) is 1.93. The number of hydrogen-bond donors (Lipinski definition) is 1. The van der Waals surface area contributed by atoms with Gasteiger partial charge in [0.2, 0.25) is 0 Å². The monoisotopic (exact) mass is 258 g/mol. The molecule has 0 atom stereocenters. The lowest BCUT2D eigenvalue weighted by molar-refractivity contribution is 0.319. The second-order valence-electron chi connectivity index (χ2n) is 5.92. The minimum absolute atomic E-state index is 0.151. The summed E-state index contributed by atoms with van der Waals surface area (Å²) in [6.45, 7) is 9.28. The van der Waals surface area contributed by atoms with Gasteiger partial charge in [-0.3, -0.25) is 5.10 Å². The van der Waals surface area contributed by atoms with Gasteiger partial charge in [-0.2, -0.15) is 5.10 Å². The first-order chi connectivity index (χ1) is 8.95. The number of nitrogens with zero attached hydrogens (tertiary/aromatic N) is 1. The van der Waals surface area contributed by atoms with Gasteiger partial charge in [-0.05, 0) is 36.1 Å². The molecule has 0 aliphatic rings. The third-order valence-electron chi connectivity index (χ3n) is 3.09. The number of H-pyrrole nitrogens is 1. The smallest absolute Gasteiger partial charge is 0.119 e. The van der Waals surface area contributed by atoms with E-state index in [0.29, 0.717) is 6.61 Å². The van der Waals surface area contributed by atoms with Crippen LogP contribution in [0.2, 0.25) is 0 Å². The first-order valence-electron chi connectivity index (χ1n) is 6.69. The predicted octanol–water partition coefficient (Wildman–Crippen LogP) is 3.64. The van der Waals surface area contributed by atoms with Crippen LogP contribution in [0.5, 0.6) is 5.75 Å². The van der Waals surface area contributed by atoms with Crippen molar-refractivity contribution in [3.8, 4) is 5.75 Å². The van der Waals surface area contributed by atoms with E-state index >= 15 is 0 Å². The summed E-state index contributed by atoms with van der Waals surface area (Å²) in [5, 5.41) is 7.14. The summed E-state index contributed by atoms with van der Waals surface area (Å²) in [6, 6.07) is 10.4. The zero-order valence-electron chi connectivity index (χ0n) is 12.2. The van der Waals surface area contributed by atoms with Crippen LogP contribution in [0.15, 0.2) is 30.3 Å². The lowest BCUT2D eigenvalue weighted by Crippen LogP contribution is -2.11. The molecule has 2 rings (SSSR count). The minimum atomic E-state index is 0.151. The molecule has 0 amide bonds. The summed E-state index contributed by atoms with van der Waals surface area (Å²) in [6.07, 6.45) is 0.823. The number of aryl methyl sites for hydroxylation is 1. The zero-order chi connectivity index (χ0) is 13.9. The SMILES string of the molecule is Cc1cc(CCOc2cccc(C(C)(C)C)c2)n[nH]1. The number of benzene rings is 1. The summed E-state index contributed by atoms with van der Waals surface area (Å²) >= 11 is 0. The Labute approximate surface area is 115 Å². The highest BCUT2D eigenvalue weighted by atomic mass is 16.5. The van der Waals surface area contributed by atoms with Gasteiger partial charge >= 0.3 is 0 Å². The maximum Gasteiger partial charge on any atom is 0.119 e. The molecule has 1 aromatic carbocycles. The fourth-order valence-electron chi connectivity index (χ4n) is 1.93. The Morgan fingerprint density at radius 1 is 1.21 bits per heavy atom. The zero-order valence-corrected chi connectivity index (χ0v) is 12.2. The van der Waals surface area contributed by atoms with Crippen LogP contribution in [-0.4, -0.2) is 16.8 Å². The van der Waals surface area contributed by atoms with Crippen LogP contribution in [0, 0.1) is 6.92 Å². The third-order valence-corrected chi connectivity index (χ3v) is 3.09. The van der Waals surface area contributed by atoms with E-state index in [9.17, 15) is 0 Å². The van der Waals surface area contributed by atoms with Crippen molar-refractivity contribution in [2.24, 2.45) is 0 Å². The Bertz CT molecular complexity index is 538.